The average Bonchev–Trinajstić information content (AvgIpc) is 3.15. The van der Waals surface area contributed by atoms with Gasteiger partial charge in [0.25, 0.3) is 0 Å². The van der Waals surface area contributed by atoms with Crippen LogP contribution in [0, 0.1) is 11.6 Å². The van der Waals surface area contributed by atoms with Crippen molar-refractivity contribution in [3.05, 3.63) is 77.9 Å². The Morgan fingerprint density at radius 3 is 2.97 bits per heavy atom. The molecule has 0 bridgehead atoms. The first-order valence-corrected chi connectivity index (χ1v) is 9.77. The van der Waals surface area contributed by atoms with Crippen molar-refractivity contribution in [1.82, 2.24) is 24.9 Å². The molecule has 4 heterocycles. The number of nitrogens with zero attached hydrogens (tertiary/aromatic N) is 5. The second kappa shape index (κ2) is 7.05. The highest BCUT2D eigenvalue weighted by Gasteiger charge is 2.23. The van der Waals surface area contributed by atoms with Gasteiger partial charge in [-0.3, -0.25) is 4.98 Å². The zero-order chi connectivity index (χ0) is 20.8. The molecule has 3 aromatic heterocycles. The standard InChI is InChI=1S/C22H20F2N6/c1-13-14(2)29(9-8-25-13)21-6-5-20-27-12-15(30(20)28-21)10-17-18(23)11-19-16(22(17)24)4-3-7-26-19/h3-7,11-12,14,25H,1,8-10H2,2H3. The van der Waals surface area contributed by atoms with Gasteiger partial charge >= 0.3 is 0 Å². The van der Waals surface area contributed by atoms with Crippen LogP contribution in [0.15, 0.2) is 55.0 Å². The number of nitrogens with one attached hydrogen (secondary N) is 1. The molecule has 1 aliphatic heterocycles. The van der Waals surface area contributed by atoms with E-state index in [0.717, 1.165) is 24.6 Å². The van der Waals surface area contributed by atoms with Crippen LogP contribution in [0.25, 0.3) is 16.6 Å². The molecule has 0 aliphatic carbocycles. The number of hydrogen-bond donors (Lipinski definition) is 1. The van der Waals surface area contributed by atoms with E-state index in [0.29, 0.717) is 22.2 Å². The molecule has 1 aliphatic rings. The van der Waals surface area contributed by atoms with E-state index in [1.807, 2.05) is 12.1 Å². The third-order valence-electron chi connectivity index (χ3n) is 5.64. The van der Waals surface area contributed by atoms with Crippen LogP contribution in [-0.4, -0.2) is 38.7 Å². The first-order valence-electron chi connectivity index (χ1n) is 9.77. The zero-order valence-electron chi connectivity index (χ0n) is 16.4. The second-order valence-corrected chi connectivity index (χ2v) is 7.43. The summed E-state index contributed by atoms with van der Waals surface area (Å²) in [7, 11) is 0. The maximum absolute atomic E-state index is 15.0. The lowest BCUT2D eigenvalue weighted by Crippen LogP contribution is -2.48. The van der Waals surface area contributed by atoms with Gasteiger partial charge < -0.3 is 10.2 Å². The Morgan fingerprint density at radius 1 is 1.23 bits per heavy atom. The fourth-order valence-corrected chi connectivity index (χ4v) is 3.90. The summed E-state index contributed by atoms with van der Waals surface area (Å²) in [5.74, 6) is -0.464. The van der Waals surface area contributed by atoms with E-state index in [2.05, 4.69) is 33.7 Å². The fourth-order valence-electron chi connectivity index (χ4n) is 3.90. The predicted molar refractivity (Wildman–Crippen MR) is 111 cm³/mol. The van der Waals surface area contributed by atoms with Gasteiger partial charge in [-0.15, -0.1) is 5.10 Å². The van der Waals surface area contributed by atoms with Crippen LogP contribution < -0.4 is 10.2 Å². The van der Waals surface area contributed by atoms with Gasteiger partial charge in [-0.05, 0) is 31.2 Å². The number of hydrogen-bond acceptors (Lipinski definition) is 5. The van der Waals surface area contributed by atoms with Gasteiger partial charge in [0.1, 0.15) is 17.5 Å². The maximum Gasteiger partial charge on any atom is 0.153 e. The van der Waals surface area contributed by atoms with Gasteiger partial charge in [0.15, 0.2) is 5.65 Å². The van der Waals surface area contributed by atoms with Gasteiger partial charge in [0.2, 0.25) is 0 Å². The van der Waals surface area contributed by atoms with E-state index in [-0.39, 0.29) is 18.0 Å². The quantitative estimate of drug-likeness (QED) is 0.565. The number of piperazine rings is 1. The van der Waals surface area contributed by atoms with E-state index in [9.17, 15) is 4.39 Å². The molecule has 4 aromatic rings. The van der Waals surface area contributed by atoms with Crippen molar-refractivity contribution in [2.24, 2.45) is 0 Å². The van der Waals surface area contributed by atoms with Crippen molar-refractivity contribution in [2.45, 2.75) is 19.4 Å². The van der Waals surface area contributed by atoms with Crippen LogP contribution >= 0.6 is 0 Å². The first kappa shape index (κ1) is 18.5. The number of imidazole rings is 1. The van der Waals surface area contributed by atoms with Gasteiger partial charge in [0, 0.05) is 48.4 Å². The number of pyridine rings is 1. The molecule has 152 valence electrons. The molecule has 1 saturated heterocycles. The summed E-state index contributed by atoms with van der Waals surface area (Å²) >= 11 is 0. The molecule has 0 spiro atoms. The monoisotopic (exact) mass is 406 g/mol. The minimum absolute atomic E-state index is 0.0200. The van der Waals surface area contributed by atoms with Crippen molar-refractivity contribution < 1.29 is 8.78 Å². The number of benzene rings is 1. The van der Waals surface area contributed by atoms with Crippen LogP contribution in [0.4, 0.5) is 14.6 Å². The van der Waals surface area contributed by atoms with E-state index >= 15 is 4.39 Å². The van der Waals surface area contributed by atoms with Crippen molar-refractivity contribution in [2.75, 3.05) is 18.0 Å². The molecule has 0 radical (unpaired) electrons. The number of aromatic nitrogens is 4. The average molecular weight is 406 g/mol. The first-order chi connectivity index (χ1) is 14.5. The molecular formula is C22H20F2N6. The van der Waals surface area contributed by atoms with Crippen molar-refractivity contribution in [3.63, 3.8) is 0 Å². The Bertz CT molecular complexity index is 1280. The molecule has 0 amide bonds. The highest BCUT2D eigenvalue weighted by Crippen LogP contribution is 2.26. The molecule has 30 heavy (non-hydrogen) atoms. The normalized spacial score (nSPS) is 17.0. The lowest BCUT2D eigenvalue weighted by Gasteiger charge is -2.36. The Balaban J connectivity index is 1.56. The molecule has 1 aromatic carbocycles. The second-order valence-electron chi connectivity index (χ2n) is 7.43. The predicted octanol–water partition coefficient (Wildman–Crippen LogP) is 3.46. The van der Waals surface area contributed by atoms with Gasteiger partial charge in [0.05, 0.1) is 23.4 Å². The zero-order valence-corrected chi connectivity index (χ0v) is 16.4. The Labute approximate surface area is 171 Å². The molecule has 1 atom stereocenters. The summed E-state index contributed by atoms with van der Waals surface area (Å²) in [5, 5.41) is 8.27. The van der Waals surface area contributed by atoms with Gasteiger partial charge in [-0.1, -0.05) is 6.58 Å². The Morgan fingerprint density at radius 2 is 2.10 bits per heavy atom. The van der Waals surface area contributed by atoms with Crippen LogP contribution in [-0.2, 0) is 6.42 Å². The smallest absolute Gasteiger partial charge is 0.153 e. The van der Waals surface area contributed by atoms with Crippen molar-refractivity contribution >= 4 is 22.4 Å². The molecule has 1 fully saturated rings. The topological polar surface area (TPSA) is 58.3 Å². The summed E-state index contributed by atoms with van der Waals surface area (Å²) in [6.07, 6.45) is 3.16. The third-order valence-corrected chi connectivity index (χ3v) is 5.64. The van der Waals surface area contributed by atoms with E-state index in [1.165, 1.54) is 12.3 Å². The molecule has 1 unspecified atom stereocenters. The van der Waals surface area contributed by atoms with Gasteiger partial charge in [-0.2, -0.15) is 0 Å². The van der Waals surface area contributed by atoms with Crippen molar-refractivity contribution in [1.29, 1.82) is 0 Å². The SMILES string of the molecule is C=C1NCCN(c2ccc3ncc(Cc4c(F)cc5ncccc5c4F)n3n2)C1C. The van der Waals surface area contributed by atoms with Crippen LogP contribution in [0.5, 0.6) is 0 Å². The van der Waals surface area contributed by atoms with Crippen molar-refractivity contribution in [3.8, 4) is 0 Å². The molecule has 5 rings (SSSR count). The molecule has 6 nitrogen and oxygen atoms in total. The maximum atomic E-state index is 15.0. The van der Waals surface area contributed by atoms with E-state index < -0.39 is 11.6 Å². The minimum Gasteiger partial charge on any atom is -0.385 e. The van der Waals surface area contributed by atoms with E-state index in [1.54, 1.807) is 22.8 Å². The largest absolute Gasteiger partial charge is 0.385 e. The summed E-state index contributed by atoms with van der Waals surface area (Å²) in [5.41, 5.74) is 2.44. The number of anilines is 1. The minimum atomic E-state index is -0.628. The summed E-state index contributed by atoms with van der Waals surface area (Å²) in [6.45, 7) is 7.67. The van der Waals surface area contributed by atoms with Crippen LogP contribution in [0.3, 0.4) is 0 Å². The Hall–Kier alpha value is -3.55. The summed E-state index contributed by atoms with van der Waals surface area (Å²) in [6, 6.07) is 8.36. The number of fused-ring (bicyclic) bond motifs is 2. The number of halogens is 2. The Kier molecular flexibility index (Phi) is 4.34. The van der Waals surface area contributed by atoms with Crippen LogP contribution in [0.2, 0.25) is 0 Å². The molecule has 1 N–H and O–H groups in total. The summed E-state index contributed by atoms with van der Waals surface area (Å²) in [4.78, 5) is 10.5. The van der Waals surface area contributed by atoms with Gasteiger partial charge in [-0.25, -0.2) is 18.3 Å². The fraction of sp³-hybridized carbons (Fsp3) is 0.227. The molecular weight excluding hydrogens is 386 g/mol. The molecule has 8 heteroatoms. The highest BCUT2D eigenvalue weighted by atomic mass is 19.1. The number of rotatable bonds is 3. The third kappa shape index (κ3) is 2.96. The lowest BCUT2D eigenvalue weighted by atomic mass is 10.0. The highest BCUT2D eigenvalue weighted by molar-refractivity contribution is 5.80. The summed E-state index contributed by atoms with van der Waals surface area (Å²) < 4.78 is 31.4. The lowest BCUT2D eigenvalue weighted by molar-refractivity contribution is 0.562. The molecule has 0 saturated carbocycles. The van der Waals surface area contributed by atoms with E-state index in [4.69, 9.17) is 5.10 Å². The van der Waals surface area contributed by atoms with Crippen LogP contribution in [0.1, 0.15) is 18.2 Å².